The second-order valence-electron chi connectivity index (χ2n) is 12.1. The summed E-state index contributed by atoms with van der Waals surface area (Å²) in [5.41, 5.74) is 0.534. The maximum absolute atomic E-state index is 13.3. The number of aliphatic hydroxyl groups excluding tert-OH is 2. The van der Waals surface area contributed by atoms with Gasteiger partial charge in [-0.25, -0.2) is 12.7 Å². The van der Waals surface area contributed by atoms with Gasteiger partial charge in [-0.15, -0.1) is 0 Å². The second-order valence-corrected chi connectivity index (χ2v) is 14.1. The molecule has 1 spiro atoms. The lowest BCUT2D eigenvalue weighted by Crippen LogP contribution is -2.45. The zero-order valence-electron chi connectivity index (χ0n) is 24.2. The van der Waals surface area contributed by atoms with Crippen molar-refractivity contribution in [2.45, 2.75) is 76.5 Å². The third-order valence-corrected chi connectivity index (χ3v) is 10.4. The number of hydrogen-bond acceptors (Lipinski definition) is 9. The molecular weight excluding hydrogens is 548 g/mol. The van der Waals surface area contributed by atoms with Crippen LogP contribution < -0.4 is 0 Å². The molecule has 1 aromatic heterocycles. The Kier molecular flexibility index (Phi) is 11.1. The van der Waals surface area contributed by atoms with Crippen molar-refractivity contribution in [2.75, 3.05) is 52.1 Å². The van der Waals surface area contributed by atoms with E-state index in [1.54, 1.807) is 17.3 Å². The van der Waals surface area contributed by atoms with E-state index in [4.69, 9.17) is 4.74 Å². The number of hydrogen-bond donors (Lipinski definition) is 2. The summed E-state index contributed by atoms with van der Waals surface area (Å²) >= 11 is 0. The van der Waals surface area contributed by atoms with Crippen molar-refractivity contribution in [2.24, 2.45) is 11.3 Å². The summed E-state index contributed by atoms with van der Waals surface area (Å²) in [4.78, 5) is 34.8. The van der Waals surface area contributed by atoms with E-state index in [1.807, 2.05) is 12.1 Å². The molecule has 1 amide bonds. The highest BCUT2D eigenvalue weighted by Gasteiger charge is 2.43. The van der Waals surface area contributed by atoms with Gasteiger partial charge in [-0.3, -0.25) is 19.5 Å². The summed E-state index contributed by atoms with van der Waals surface area (Å²) in [5, 5.41) is 21.1. The zero-order valence-corrected chi connectivity index (χ0v) is 25.0. The van der Waals surface area contributed by atoms with E-state index < -0.39 is 27.6 Å². The molecule has 0 unspecified atom stereocenters. The van der Waals surface area contributed by atoms with Gasteiger partial charge in [0.25, 0.3) is 0 Å². The molecule has 230 valence electrons. The fourth-order valence-corrected chi connectivity index (χ4v) is 7.17. The molecule has 0 bridgehead atoms. The molecule has 12 heteroatoms. The molecule has 3 saturated heterocycles. The van der Waals surface area contributed by atoms with Gasteiger partial charge in [-0.1, -0.05) is 6.42 Å². The highest BCUT2D eigenvalue weighted by Crippen LogP contribution is 2.39. The number of cyclic esters (lactones) is 1. The number of carbonyl (C=O) groups is 2. The number of pyridine rings is 1. The predicted octanol–water partition coefficient (Wildman–Crippen LogP) is 1.39. The lowest BCUT2D eigenvalue weighted by atomic mass is 9.74. The number of piperidine rings is 2. The minimum Gasteiger partial charge on any atom is -0.462 e. The highest BCUT2D eigenvalue weighted by molar-refractivity contribution is 7.88. The monoisotopic (exact) mass is 594 g/mol. The van der Waals surface area contributed by atoms with Crippen LogP contribution in [0, 0.1) is 11.3 Å². The van der Waals surface area contributed by atoms with Crippen LogP contribution in [0.5, 0.6) is 0 Å². The number of ether oxygens (including phenoxy) is 1. The van der Waals surface area contributed by atoms with Gasteiger partial charge >= 0.3 is 5.97 Å². The summed E-state index contributed by atoms with van der Waals surface area (Å²) < 4.78 is 30.7. The summed E-state index contributed by atoms with van der Waals surface area (Å²) in [6, 6.07) is 3.99. The SMILES string of the molecule is CS(=O)(=O)N1CCC(CC(=O)N2CCCCC3(CCN(Cc4ccncc4)CC3)C(=O)OC[C@@H](O)[C@@H](O)CC2)CC1. The summed E-state index contributed by atoms with van der Waals surface area (Å²) in [5.74, 6) is -0.196. The van der Waals surface area contributed by atoms with Gasteiger partial charge in [-0.2, -0.15) is 0 Å². The van der Waals surface area contributed by atoms with Crippen molar-refractivity contribution in [1.82, 2.24) is 19.1 Å². The molecule has 4 rings (SSSR count). The highest BCUT2D eigenvalue weighted by atomic mass is 32.2. The first-order valence-corrected chi connectivity index (χ1v) is 16.8. The fourth-order valence-electron chi connectivity index (χ4n) is 6.30. The fraction of sp³-hybridized carbons (Fsp3) is 0.759. The molecule has 1 aromatic rings. The smallest absolute Gasteiger partial charge is 0.312 e. The molecule has 0 aromatic carbocycles. The molecule has 3 fully saturated rings. The minimum absolute atomic E-state index is 0.00849. The predicted molar refractivity (Wildman–Crippen MR) is 153 cm³/mol. The van der Waals surface area contributed by atoms with Gasteiger partial charge in [0.1, 0.15) is 12.7 Å². The Morgan fingerprint density at radius 3 is 2.32 bits per heavy atom. The Hall–Kier alpha value is -2.12. The van der Waals surface area contributed by atoms with Gasteiger partial charge in [-0.05, 0) is 81.6 Å². The summed E-state index contributed by atoms with van der Waals surface area (Å²) in [7, 11) is -3.22. The third-order valence-electron chi connectivity index (χ3n) is 9.12. The number of aliphatic hydroxyl groups is 2. The van der Waals surface area contributed by atoms with Crippen molar-refractivity contribution in [1.29, 1.82) is 0 Å². The Morgan fingerprint density at radius 2 is 1.66 bits per heavy atom. The second kappa shape index (κ2) is 14.4. The van der Waals surface area contributed by atoms with E-state index in [1.165, 1.54) is 16.1 Å². The largest absolute Gasteiger partial charge is 0.462 e. The molecule has 0 aliphatic carbocycles. The average Bonchev–Trinajstić information content (AvgIpc) is 2.96. The van der Waals surface area contributed by atoms with Gasteiger partial charge < -0.3 is 19.8 Å². The van der Waals surface area contributed by atoms with Crippen LogP contribution in [0.25, 0.3) is 0 Å². The first-order chi connectivity index (χ1) is 19.6. The van der Waals surface area contributed by atoms with E-state index in [-0.39, 0.29) is 30.8 Å². The van der Waals surface area contributed by atoms with Crippen LogP contribution in [-0.2, 0) is 30.9 Å². The van der Waals surface area contributed by atoms with Gasteiger partial charge in [0, 0.05) is 51.5 Å². The average molecular weight is 595 g/mol. The van der Waals surface area contributed by atoms with E-state index in [9.17, 15) is 28.2 Å². The van der Waals surface area contributed by atoms with Crippen molar-refractivity contribution < 1.29 is 33.0 Å². The molecule has 0 radical (unpaired) electrons. The van der Waals surface area contributed by atoms with E-state index >= 15 is 0 Å². The van der Waals surface area contributed by atoms with Crippen molar-refractivity contribution in [3.05, 3.63) is 30.1 Å². The maximum Gasteiger partial charge on any atom is 0.312 e. The summed E-state index contributed by atoms with van der Waals surface area (Å²) in [6.45, 7) is 3.72. The molecule has 3 aliphatic rings. The van der Waals surface area contributed by atoms with Crippen LogP contribution in [0.3, 0.4) is 0 Å². The number of rotatable bonds is 5. The van der Waals surface area contributed by atoms with Crippen LogP contribution in [-0.4, -0.2) is 114 Å². The van der Waals surface area contributed by atoms with E-state index in [0.717, 1.165) is 32.5 Å². The topological polar surface area (TPSA) is 141 Å². The van der Waals surface area contributed by atoms with Crippen LogP contribution in [0.2, 0.25) is 0 Å². The molecule has 41 heavy (non-hydrogen) atoms. The van der Waals surface area contributed by atoms with Crippen LogP contribution in [0.4, 0.5) is 0 Å². The quantitative estimate of drug-likeness (QED) is 0.484. The van der Waals surface area contributed by atoms with E-state index in [0.29, 0.717) is 64.7 Å². The molecule has 11 nitrogen and oxygen atoms in total. The molecule has 4 heterocycles. The minimum atomic E-state index is -3.22. The molecule has 0 saturated carbocycles. The lowest BCUT2D eigenvalue weighted by molar-refractivity contribution is -0.165. The number of carbonyl (C=O) groups excluding carboxylic acids is 2. The molecular formula is C29H46N4O7S. The normalized spacial score (nSPS) is 26.5. The number of sulfonamides is 1. The molecule has 3 aliphatic heterocycles. The number of esters is 1. The maximum atomic E-state index is 13.3. The Bertz CT molecular complexity index is 1100. The Balaban J connectivity index is 1.35. The third kappa shape index (κ3) is 8.93. The van der Waals surface area contributed by atoms with Crippen LogP contribution >= 0.6 is 0 Å². The Morgan fingerprint density at radius 1 is 0.976 bits per heavy atom. The Labute approximate surface area is 243 Å². The molecule has 2 atom stereocenters. The van der Waals surface area contributed by atoms with Crippen LogP contribution in [0.15, 0.2) is 24.5 Å². The van der Waals surface area contributed by atoms with Gasteiger partial charge in [0.15, 0.2) is 0 Å². The number of amides is 1. The van der Waals surface area contributed by atoms with Gasteiger partial charge in [0.2, 0.25) is 15.9 Å². The first kappa shape index (κ1) is 31.8. The number of likely N-dealkylation sites (tertiary alicyclic amines) is 1. The number of aromatic nitrogens is 1. The zero-order chi connectivity index (χ0) is 29.5. The standard InChI is InChI=1S/C29H46N4O7S/c1-41(38,39)33-16-6-23(7-17-33)20-27(36)32-14-3-2-9-29(28(37)40-22-26(35)25(34)8-15-32)10-18-31(19-11-29)21-24-4-12-30-13-5-24/h4-5,12-13,23,25-26,34-35H,2-3,6-11,14-22H2,1H3/t25-,26+/m0/s1. The van der Waals surface area contributed by atoms with Crippen molar-refractivity contribution in [3.8, 4) is 0 Å². The first-order valence-electron chi connectivity index (χ1n) is 14.9. The summed E-state index contributed by atoms with van der Waals surface area (Å²) in [6.07, 6.45) is 7.72. The van der Waals surface area contributed by atoms with Crippen molar-refractivity contribution >= 4 is 21.9 Å². The van der Waals surface area contributed by atoms with Crippen LogP contribution in [0.1, 0.15) is 63.4 Å². The van der Waals surface area contributed by atoms with E-state index in [2.05, 4.69) is 9.88 Å². The lowest BCUT2D eigenvalue weighted by Gasteiger charge is -2.40. The van der Waals surface area contributed by atoms with Crippen molar-refractivity contribution in [3.63, 3.8) is 0 Å². The number of nitrogens with zero attached hydrogens (tertiary/aromatic N) is 4. The molecule has 2 N–H and O–H groups in total. The van der Waals surface area contributed by atoms with Gasteiger partial charge in [0.05, 0.1) is 17.8 Å².